The minimum Gasteiger partial charge on any atom is -0.383 e. The molecule has 0 amide bonds. The van der Waals surface area contributed by atoms with Crippen LogP contribution in [0.5, 0.6) is 0 Å². The fourth-order valence-electron chi connectivity index (χ4n) is 1.15. The Bertz CT molecular complexity index is 363. The number of thiazole rings is 1. The van der Waals surface area contributed by atoms with Crippen LogP contribution in [0.1, 0.15) is 29.4 Å². The van der Waals surface area contributed by atoms with Crippen LogP contribution in [0, 0.1) is 5.41 Å². The topological polar surface area (TPSA) is 72.0 Å². The van der Waals surface area contributed by atoms with Gasteiger partial charge in [-0.3, -0.25) is 5.41 Å². The largest absolute Gasteiger partial charge is 0.383 e. The van der Waals surface area contributed by atoms with E-state index in [0.717, 1.165) is 21.3 Å². The fourth-order valence-corrected chi connectivity index (χ4v) is 2.85. The van der Waals surface area contributed by atoms with Gasteiger partial charge in [0.15, 0.2) is 0 Å². The molecular formula is C10H17N3OS2. The predicted octanol–water partition coefficient (Wildman–Crippen LogP) is 2.22. The Morgan fingerprint density at radius 3 is 2.81 bits per heavy atom. The van der Waals surface area contributed by atoms with E-state index in [4.69, 9.17) is 15.9 Å². The summed E-state index contributed by atoms with van der Waals surface area (Å²) in [5.41, 5.74) is 6.28. The van der Waals surface area contributed by atoms with Gasteiger partial charge in [-0.05, 0) is 5.25 Å². The van der Waals surface area contributed by atoms with Gasteiger partial charge in [0.2, 0.25) is 0 Å². The van der Waals surface area contributed by atoms with Crippen LogP contribution in [0.2, 0.25) is 0 Å². The van der Waals surface area contributed by atoms with Crippen molar-refractivity contribution >= 4 is 28.9 Å². The van der Waals surface area contributed by atoms with E-state index in [1.165, 1.54) is 11.3 Å². The van der Waals surface area contributed by atoms with Crippen molar-refractivity contribution in [1.82, 2.24) is 4.98 Å². The van der Waals surface area contributed by atoms with Gasteiger partial charge >= 0.3 is 0 Å². The molecule has 6 heteroatoms. The molecule has 0 atom stereocenters. The Labute approximate surface area is 104 Å². The quantitative estimate of drug-likeness (QED) is 0.607. The molecule has 0 aliphatic rings. The number of amidine groups is 1. The average molecular weight is 259 g/mol. The highest BCUT2D eigenvalue weighted by molar-refractivity contribution is 7.99. The summed E-state index contributed by atoms with van der Waals surface area (Å²) in [6.45, 7) is 4.72. The standard InChI is InChI=1S/C10H17N3OS2/c1-6(2)15-5-8-13-7(4-14-3)9(16-8)10(11)12/h6H,4-5H2,1-3H3,(H3,11,12). The zero-order valence-electron chi connectivity index (χ0n) is 9.74. The van der Waals surface area contributed by atoms with Gasteiger partial charge in [0.25, 0.3) is 0 Å². The maximum Gasteiger partial charge on any atom is 0.135 e. The van der Waals surface area contributed by atoms with E-state index in [-0.39, 0.29) is 5.84 Å². The molecule has 0 saturated heterocycles. The van der Waals surface area contributed by atoms with Gasteiger partial charge in [0.05, 0.1) is 17.2 Å². The van der Waals surface area contributed by atoms with E-state index in [9.17, 15) is 0 Å². The third kappa shape index (κ3) is 3.77. The average Bonchev–Trinajstić information content (AvgIpc) is 2.59. The molecular weight excluding hydrogens is 242 g/mol. The van der Waals surface area contributed by atoms with Crippen LogP contribution in [0.4, 0.5) is 0 Å². The number of nitrogens with one attached hydrogen (secondary N) is 1. The lowest BCUT2D eigenvalue weighted by atomic mass is 10.3. The van der Waals surface area contributed by atoms with Crippen molar-refractivity contribution in [3.63, 3.8) is 0 Å². The normalized spacial score (nSPS) is 11.0. The Balaban J connectivity index is 2.79. The zero-order valence-corrected chi connectivity index (χ0v) is 11.4. The number of aromatic nitrogens is 1. The van der Waals surface area contributed by atoms with Crippen molar-refractivity contribution in [2.75, 3.05) is 7.11 Å². The molecule has 0 radical (unpaired) electrons. The molecule has 0 bridgehead atoms. The summed E-state index contributed by atoms with van der Waals surface area (Å²) in [5, 5.41) is 9.06. The van der Waals surface area contributed by atoms with Crippen LogP contribution in [0.25, 0.3) is 0 Å². The van der Waals surface area contributed by atoms with E-state index < -0.39 is 0 Å². The van der Waals surface area contributed by atoms with Crippen LogP contribution in [0.15, 0.2) is 0 Å². The Hall–Kier alpha value is -0.590. The fraction of sp³-hybridized carbons (Fsp3) is 0.600. The van der Waals surface area contributed by atoms with Gasteiger partial charge in [-0.25, -0.2) is 4.98 Å². The van der Waals surface area contributed by atoms with E-state index in [1.54, 1.807) is 7.11 Å². The van der Waals surface area contributed by atoms with Crippen molar-refractivity contribution in [2.24, 2.45) is 5.73 Å². The first-order valence-electron chi connectivity index (χ1n) is 4.98. The lowest BCUT2D eigenvalue weighted by Crippen LogP contribution is -2.11. The first-order chi connectivity index (χ1) is 7.54. The van der Waals surface area contributed by atoms with Crippen LogP contribution >= 0.6 is 23.1 Å². The molecule has 0 aliphatic heterocycles. The number of rotatable bonds is 6. The number of hydrogen-bond donors (Lipinski definition) is 2. The van der Waals surface area contributed by atoms with Crippen molar-refractivity contribution < 1.29 is 4.74 Å². The molecule has 0 aliphatic carbocycles. The smallest absolute Gasteiger partial charge is 0.135 e. The van der Waals surface area contributed by atoms with Gasteiger partial charge in [-0.2, -0.15) is 11.8 Å². The highest BCUT2D eigenvalue weighted by atomic mass is 32.2. The molecule has 1 aromatic heterocycles. The van der Waals surface area contributed by atoms with E-state index >= 15 is 0 Å². The molecule has 1 aromatic rings. The summed E-state index contributed by atoms with van der Waals surface area (Å²) in [4.78, 5) is 5.18. The van der Waals surface area contributed by atoms with Gasteiger partial charge in [0, 0.05) is 12.9 Å². The maximum absolute atomic E-state index is 7.47. The monoisotopic (exact) mass is 259 g/mol. The van der Waals surface area contributed by atoms with E-state index in [2.05, 4.69) is 18.8 Å². The van der Waals surface area contributed by atoms with E-state index in [0.29, 0.717) is 11.9 Å². The van der Waals surface area contributed by atoms with Gasteiger partial charge in [-0.1, -0.05) is 13.8 Å². The van der Waals surface area contributed by atoms with Crippen molar-refractivity contribution in [3.05, 3.63) is 15.6 Å². The van der Waals surface area contributed by atoms with Gasteiger partial charge in [0.1, 0.15) is 10.8 Å². The Morgan fingerprint density at radius 1 is 1.62 bits per heavy atom. The highest BCUT2D eigenvalue weighted by Crippen LogP contribution is 2.24. The number of thioether (sulfide) groups is 1. The molecule has 0 fully saturated rings. The summed E-state index contributed by atoms with van der Waals surface area (Å²) in [6, 6.07) is 0. The number of nitrogens with zero attached hydrogens (tertiary/aromatic N) is 1. The zero-order chi connectivity index (χ0) is 12.1. The lowest BCUT2D eigenvalue weighted by molar-refractivity contribution is 0.182. The summed E-state index contributed by atoms with van der Waals surface area (Å²) in [5.74, 6) is 0.942. The van der Waals surface area contributed by atoms with Gasteiger partial charge in [-0.15, -0.1) is 11.3 Å². The number of nitrogens with two attached hydrogens (primary N) is 1. The highest BCUT2D eigenvalue weighted by Gasteiger charge is 2.13. The summed E-state index contributed by atoms with van der Waals surface area (Å²) >= 11 is 3.32. The minimum absolute atomic E-state index is 0.0744. The summed E-state index contributed by atoms with van der Waals surface area (Å²) < 4.78 is 5.04. The van der Waals surface area contributed by atoms with Crippen molar-refractivity contribution in [2.45, 2.75) is 31.5 Å². The van der Waals surface area contributed by atoms with E-state index in [1.807, 2.05) is 11.8 Å². The number of methoxy groups -OCH3 is 1. The third-order valence-electron chi connectivity index (χ3n) is 1.81. The maximum atomic E-state index is 7.47. The van der Waals surface area contributed by atoms with Crippen molar-refractivity contribution in [3.8, 4) is 0 Å². The van der Waals surface area contributed by atoms with Crippen molar-refractivity contribution in [1.29, 1.82) is 5.41 Å². The Morgan fingerprint density at radius 2 is 2.31 bits per heavy atom. The van der Waals surface area contributed by atoms with Crippen LogP contribution in [-0.4, -0.2) is 23.2 Å². The molecule has 0 aromatic carbocycles. The number of ether oxygens (including phenoxy) is 1. The number of nitrogen functional groups attached to an aromatic ring is 1. The molecule has 3 N–H and O–H groups in total. The first-order valence-corrected chi connectivity index (χ1v) is 6.84. The van der Waals surface area contributed by atoms with Crippen LogP contribution in [0.3, 0.4) is 0 Å². The summed E-state index contributed by atoms with van der Waals surface area (Å²) in [7, 11) is 1.62. The molecule has 0 spiro atoms. The van der Waals surface area contributed by atoms with Gasteiger partial charge < -0.3 is 10.5 Å². The lowest BCUT2D eigenvalue weighted by Gasteiger charge is -2.00. The molecule has 0 saturated carbocycles. The second kappa shape index (κ2) is 6.22. The first kappa shape index (κ1) is 13.5. The molecule has 0 unspecified atom stereocenters. The van der Waals surface area contributed by atoms with Crippen LogP contribution in [-0.2, 0) is 17.1 Å². The molecule has 16 heavy (non-hydrogen) atoms. The molecule has 1 heterocycles. The predicted molar refractivity (Wildman–Crippen MR) is 70.3 cm³/mol. The SMILES string of the molecule is COCc1nc(CSC(C)C)sc1C(=N)N. The second-order valence-corrected chi connectivity index (χ2v) is 6.24. The second-order valence-electron chi connectivity index (χ2n) is 3.59. The number of hydrogen-bond acceptors (Lipinski definition) is 5. The summed E-state index contributed by atoms with van der Waals surface area (Å²) in [6.07, 6.45) is 0. The third-order valence-corrected chi connectivity index (χ3v) is 4.23. The Kier molecular flexibility index (Phi) is 5.24. The van der Waals surface area contributed by atoms with Crippen LogP contribution < -0.4 is 5.73 Å². The minimum atomic E-state index is 0.0744. The molecule has 90 valence electrons. The molecule has 1 rings (SSSR count). The molecule has 4 nitrogen and oxygen atoms in total.